The summed E-state index contributed by atoms with van der Waals surface area (Å²) in [5.74, 6) is 0.376. The predicted molar refractivity (Wildman–Crippen MR) is 75.2 cm³/mol. The molecule has 0 fully saturated rings. The predicted octanol–water partition coefficient (Wildman–Crippen LogP) is 1.50. The highest BCUT2D eigenvalue weighted by molar-refractivity contribution is 5.80. The number of carbonyl (C=O) groups excluding carboxylic acids is 1. The number of hydrogen-bond acceptors (Lipinski definition) is 4. The molecule has 0 saturated carbocycles. The van der Waals surface area contributed by atoms with Crippen molar-refractivity contribution in [2.45, 2.75) is 26.4 Å². The molecule has 106 valence electrons. The van der Waals surface area contributed by atoms with Gasteiger partial charge in [-0.05, 0) is 38.0 Å². The SMILES string of the molecule is COCCCNC(=O)C(C)Oc1ccc(C)cc1N. The van der Waals surface area contributed by atoms with Gasteiger partial charge < -0.3 is 20.5 Å². The van der Waals surface area contributed by atoms with Crippen LogP contribution in [0.15, 0.2) is 18.2 Å². The number of benzene rings is 1. The Kier molecular flexibility index (Phi) is 6.15. The van der Waals surface area contributed by atoms with Crippen molar-refractivity contribution in [2.75, 3.05) is 26.0 Å². The van der Waals surface area contributed by atoms with Crippen LogP contribution < -0.4 is 15.8 Å². The molecule has 0 aliphatic rings. The number of amides is 1. The lowest BCUT2D eigenvalue weighted by Gasteiger charge is -2.16. The maximum atomic E-state index is 11.8. The molecule has 0 aliphatic heterocycles. The zero-order valence-electron chi connectivity index (χ0n) is 11.7. The highest BCUT2D eigenvalue weighted by Crippen LogP contribution is 2.23. The van der Waals surface area contributed by atoms with Gasteiger partial charge in [0.1, 0.15) is 5.75 Å². The van der Waals surface area contributed by atoms with Crippen LogP contribution in [-0.4, -0.2) is 32.3 Å². The normalized spacial score (nSPS) is 11.9. The van der Waals surface area contributed by atoms with Gasteiger partial charge in [0.2, 0.25) is 0 Å². The Labute approximate surface area is 114 Å². The Morgan fingerprint density at radius 3 is 2.84 bits per heavy atom. The number of rotatable bonds is 7. The number of anilines is 1. The first-order valence-corrected chi connectivity index (χ1v) is 6.34. The molecule has 0 heterocycles. The Morgan fingerprint density at radius 1 is 1.47 bits per heavy atom. The van der Waals surface area contributed by atoms with Gasteiger partial charge in [-0.1, -0.05) is 6.07 Å². The maximum absolute atomic E-state index is 11.8. The molecule has 5 heteroatoms. The second-order valence-electron chi connectivity index (χ2n) is 4.44. The van der Waals surface area contributed by atoms with Crippen LogP contribution in [0.4, 0.5) is 5.69 Å². The number of hydrogen-bond donors (Lipinski definition) is 2. The van der Waals surface area contributed by atoms with Gasteiger partial charge in [0.25, 0.3) is 5.91 Å². The summed E-state index contributed by atoms with van der Waals surface area (Å²) in [5, 5.41) is 2.78. The lowest BCUT2D eigenvalue weighted by molar-refractivity contribution is -0.127. The summed E-state index contributed by atoms with van der Waals surface area (Å²) in [4.78, 5) is 11.8. The summed E-state index contributed by atoms with van der Waals surface area (Å²) in [5.41, 5.74) is 7.43. The summed E-state index contributed by atoms with van der Waals surface area (Å²) >= 11 is 0. The van der Waals surface area contributed by atoms with Crippen molar-refractivity contribution in [2.24, 2.45) is 0 Å². The van der Waals surface area contributed by atoms with E-state index in [0.29, 0.717) is 24.6 Å². The van der Waals surface area contributed by atoms with Gasteiger partial charge in [-0.2, -0.15) is 0 Å². The molecule has 3 N–H and O–H groups in total. The molecule has 1 aromatic carbocycles. The van der Waals surface area contributed by atoms with E-state index in [0.717, 1.165) is 12.0 Å². The number of nitrogens with two attached hydrogens (primary N) is 1. The first-order chi connectivity index (χ1) is 9.04. The third kappa shape index (κ3) is 5.18. The van der Waals surface area contributed by atoms with Crippen LogP contribution in [0.25, 0.3) is 0 Å². The van der Waals surface area contributed by atoms with E-state index < -0.39 is 6.10 Å². The van der Waals surface area contributed by atoms with Gasteiger partial charge in [-0.25, -0.2) is 0 Å². The average Bonchev–Trinajstić information content (AvgIpc) is 2.37. The van der Waals surface area contributed by atoms with E-state index in [1.54, 1.807) is 20.1 Å². The molecule has 1 aromatic rings. The number of ether oxygens (including phenoxy) is 2. The lowest BCUT2D eigenvalue weighted by atomic mass is 10.2. The van der Waals surface area contributed by atoms with E-state index in [2.05, 4.69) is 5.32 Å². The summed E-state index contributed by atoms with van der Waals surface area (Å²) in [6, 6.07) is 5.49. The molecule has 0 bridgehead atoms. The van der Waals surface area contributed by atoms with Gasteiger partial charge in [-0.3, -0.25) is 4.79 Å². The second kappa shape index (κ2) is 7.63. The van der Waals surface area contributed by atoms with Crippen molar-refractivity contribution in [3.8, 4) is 5.75 Å². The van der Waals surface area contributed by atoms with E-state index in [9.17, 15) is 4.79 Å². The average molecular weight is 266 g/mol. The molecule has 1 atom stereocenters. The van der Waals surface area contributed by atoms with Crippen LogP contribution >= 0.6 is 0 Å². The number of methoxy groups -OCH3 is 1. The van der Waals surface area contributed by atoms with E-state index in [1.807, 2.05) is 19.1 Å². The van der Waals surface area contributed by atoms with Crippen LogP contribution in [-0.2, 0) is 9.53 Å². The fourth-order valence-corrected chi connectivity index (χ4v) is 1.59. The highest BCUT2D eigenvalue weighted by atomic mass is 16.5. The molecule has 0 spiro atoms. The molecule has 1 unspecified atom stereocenters. The van der Waals surface area contributed by atoms with Crippen molar-refractivity contribution in [3.05, 3.63) is 23.8 Å². The van der Waals surface area contributed by atoms with E-state index in [4.69, 9.17) is 15.2 Å². The summed E-state index contributed by atoms with van der Waals surface area (Å²) in [6.07, 6.45) is 0.203. The lowest BCUT2D eigenvalue weighted by Crippen LogP contribution is -2.37. The van der Waals surface area contributed by atoms with Gasteiger partial charge in [0, 0.05) is 20.3 Å². The summed E-state index contributed by atoms with van der Waals surface area (Å²) in [6.45, 7) is 4.85. The molecular weight excluding hydrogens is 244 g/mol. The second-order valence-corrected chi connectivity index (χ2v) is 4.44. The third-order valence-electron chi connectivity index (χ3n) is 2.66. The standard InChI is InChI=1S/C14H22N2O3/c1-10-5-6-13(12(15)9-10)19-11(2)14(17)16-7-4-8-18-3/h5-6,9,11H,4,7-8,15H2,1-3H3,(H,16,17). The van der Waals surface area contributed by atoms with Gasteiger partial charge >= 0.3 is 0 Å². The van der Waals surface area contributed by atoms with Crippen molar-refractivity contribution in [3.63, 3.8) is 0 Å². The Morgan fingerprint density at radius 2 is 2.21 bits per heavy atom. The zero-order chi connectivity index (χ0) is 14.3. The molecule has 1 rings (SSSR count). The first kappa shape index (κ1) is 15.3. The molecule has 0 aliphatic carbocycles. The number of nitrogen functional groups attached to an aromatic ring is 1. The van der Waals surface area contributed by atoms with Gasteiger partial charge in [0.05, 0.1) is 5.69 Å². The highest BCUT2D eigenvalue weighted by Gasteiger charge is 2.15. The van der Waals surface area contributed by atoms with Gasteiger partial charge in [0.15, 0.2) is 6.10 Å². The first-order valence-electron chi connectivity index (χ1n) is 6.34. The minimum atomic E-state index is -0.576. The Balaban J connectivity index is 2.45. The summed E-state index contributed by atoms with van der Waals surface area (Å²) < 4.78 is 10.5. The van der Waals surface area contributed by atoms with Crippen molar-refractivity contribution < 1.29 is 14.3 Å². The smallest absolute Gasteiger partial charge is 0.260 e. The summed E-state index contributed by atoms with van der Waals surface area (Å²) in [7, 11) is 1.63. The quantitative estimate of drug-likeness (QED) is 0.579. The third-order valence-corrected chi connectivity index (χ3v) is 2.66. The molecule has 5 nitrogen and oxygen atoms in total. The minimum absolute atomic E-state index is 0.156. The van der Waals surface area contributed by atoms with Crippen LogP contribution in [0.5, 0.6) is 5.75 Å². The molecule has 1 amide bonds. The van der Waals surface area contributed by atoms with Crippen LogP contribution in [0.3, 0.4) is 0 Å². The Hall–Kier alpha value is -1.75. The number of nitrogens with one attached hydrogen (secondary N) is 1. The molecule has 0 aromatic heterocycles. The van der Waals surface area contributed by atoms with E-state index in [1.165, 1.54) is 0 Å². The molecule has 19 heavy (non-hydrogen) atoms. The van der Waals surface area contributed by atoms with E-state index in [-0.39, 0.29) is 5.91 Å². The molecule has 0 saturated heterocycles. The number of aryl methyl sites for hydroxylation is 1. The van der Waals surface area contributed by atoms with Crippen molar-refractivity contribution in [1.29, 1.82) is 0 Å². The molecular formula is C14H22N2O3. The van der Waals surface area contributed by atoms with Crippen LogP contribution in [0.1, 0.15) is 18.9 Å². The largest absolute Gasteiger partial charge is 0.479 e. The fraction of sp³-hybridized carbons (Fsp3) is 0.500. The van der Waals surface area contributed by atoms with Crippen LogP contribution in [0, 0.1) is 6.92 Å². The Bertz CT molecular complexity index is 421. The monoisotopic (exact) mass is 266 g/mol. The fourth-order valence-electron chi connectivity index (χ4n) is 1.59. The van der Waals surface area contributed by atoms with E-state index >= 15 is 0 Å². The van der Waals surface area contributed by atoms with Gasteiger partial charge in [-0.15, -0.1) is 0 Å². The maximum Gasteiger partial charge on any atom is 0.260 e. The van der Waals surface area contributed by atoms with Crippen molar-refractivity contribution in [1.82, 2.24) is 5.32 Å². The topological polar surface area (TPSA) is 73.6 Å². The molecule has 0 radical (unpaired) electrons. The number of carbonyl (C=O) groups is 1. The van der Waals surface area contributed by atoms with Crippen molar-refractivity contribution >= 4 is 11.6 Å². The van der Waals surface area contributed by atoms with Crippen LogP contribution in [0.2, 0.25) is 0 Å². The minimum Gasteiger partial charge on any atom is -0.479 e. The zero-order valence-corrected chi connectivity index (χ0v) is 11.7.